The molecule has 1 N–H and O–H groups in total. The number of hydrogen-bond donors (Lipinski definition) is 1. The Morgan fingerprint density at radius 2 is 1.88 bits per heavy atom. The van der Waals surface area contributed by atoms with Crippen molar-refractivity contribution in [1.29, 1.82) is 0 Å². The SMILES string of the molecule is CCN(CC)S(=O)(=O)c1ccc(N2CCCC2)c(C(=O)Nc2cccc(-c3nccs3)c2)c1. The van der Waals surface area contributed by atoms with Crippen molar-refractivity contribution in [3.63, 3.8) is 0 Å². The molecule has 9 heteroatoms. The van der Waals surface area contributed by atoms with Gasteiger partial charge in [0.15, 0.2) is 0 Å². The van der Waals surface area contributed by atoms with Gasteiger partial charge < -0.3 is 10.2 Å². The van der Waals surface area contributed by atoms with Crippen molar-refractivity contribution in [2.45, 2.75) is 31.6 Å². The van der Waals surface area contributed by atoms with E-state index in [1.807, 2.05) is 43.5 Å². The van der Waals surface area contributed by atoms with Crippen LogP contribution in [0.1, 0.15) is 37.0 Å². The molecule has 0 unspecified atom stereocenters. The number of amides is 1. The molecule has 0 bridgehead atoms. The standard InChI is InChI=1S/C24H28N4O3S2/c1-3-28(4-2)33(30,31)20-10-11-22(27-13-5-6-14-27)21(17-20)23(29)26-19-9-7-8-18(16-19)24-25-12-15-32-24/h7-12,15-17H,3-6,13-14H2,1-2H3,(H,26,29). The lowest BCUT2D eigenvalue weighted by atomic mass is 10.1. The van der Waals surface area contributed by atoms with Gasteiger partial charge in [0.1, 0.15) is 5.01 Å². The fourth-order valence-corrected chi connectivity index (χ4v) is 6.22. The predicted octanol–water partition coefficient (Wildman–Crippen LogP) is 4.69. The first kappa shape index (κ1) is 23.4. The van der Waals surface area contributed by atoms with Crippen molar-refractivity contribution in [2.24, 2.45) is 0 Å². The number of thiazole rings is 1. The molecule has 1 aromatic heterocycles. The van der Waals surface area contributed by atoms with E-state index in [9.17, 15) is 13.2 Å². The Balaban J connectivity index is 1.70. The molecule has 0 saturated carbocycles. The van der Waals surface area contributed by atoms with Crippen molar-refractivity contribution in [3.8, 4) is 10.6 Å². The zero-order chi connectivity index (χ0) is 23.4. The van der Waals surface area contributed by atoms with Gasteiger partial charge in [-0.15, -0.1) is 11.3 Å². The fraction of sp³-hybridized carbons (Fsp3) is 0.333. The van der Waals surface area contributed by atoms with Crippen LogP contribution in [-0.4, -0.2) is 49.8 Å². The van der Waals surface area contributed by atoms with Crippen molar-refractivity contribution in [2.75, 3.05) is 36.4 Å². The number of rotatable bonds is 8. The number of anilines is 2. The van der Waals surface area contributed by atoms with Crippen LogP contribution >= 0.6 is 11.3 Å². The smallest absolute Gasteiger partial charge is 0.257 e. The minimum atomic E-state index is -3.68. The number of nitrogens with zero attached hydrogens (tertiary/aromatic N) is 3. The van der Waals surface area contributed by atoms with Gasteiger partial charge in [-0.25, -0.2) is 13.4 Å². The van der Waals surface area contributed by atoms with Crippen LogP contribution in [0.4, 0.5) is 11.4 Å². The number of benzene rings is 2. The van der Waals surface area contributed by atoms with Gasteiger partial charge in [0.05, 0.1) is 10.5 Å². The van der Waals surface area contributed by atoms with Gasteiger partial charge in [-0.3, -0.25) is 4.79 Å². The quantitative estimate of drug-likeness (QED) is 0.501. The topological polar surface area (TPSA) is 82.6 Å². The molecule has 0 atom stereocenters. The van der Waals surface area contributed by atoms with Gasteiger partial charge in [0.2, 0.25) is 10.0 Å². The molecule has 2 heterocycles. The second kappa shape index (κ2) is 10.0. The van der Waals surface area contributed by atoms with E-state index in [2.05, 4.69) is 15.2 Å². The Bertz CT molecular complexity index is 1220. The molecule has 0 spiro atoms. The summed E-state index contributed by atoms with van der Waals surface area (Å²) in [6.07, 6.45) is 3.85. The third kappa shape index (κ3) is 4.95. The van der Waals surface area contributed by atoms with Gasteiger partial charge in [0.25, 0.3) is 5.91 Å². The molecule has 1 aliphatic heterocycles. The third-order valence-corrected chi connectivity index (χ3v) is 8.67. The number of sulfonamides is 1. The monoisotopic (exact) mass is 484 g/mol. The number of nitrogens with one attached hydrogen (secondary N) is 1. The maximum absolute atomic E-state index is 13.4. The van der Waals surface area contributed by atoms with E-state index in [1.54, 1.807) is 18.3 Å². The maximum atomic E-state index is 13.4. The van der Waals surface area contributed by atoms with Crippen molar-refractivity contribution < 1.29 is 13.2 Å². The zero-order valence-corrected chi connectivity index (χ0v) is 20.5. The average Bonchev–Trinajstić information content (AvgIpc) is 3.54. The number of hydrogen-bond acceptors (Lipinski definition) is 6. The summed E-state index contributed by atoms with van der Waals surface area (Å²) >= 11 is 1.53. The lowest BCUT2D eigenvalue weighted by molar-refractivity contribution is 0.102. The Labute approximate surface area is 199 Å². The second-order valence-electron chi connectivity index (χ2n) is 7.83. The van der Waals surface area contributed by atoms with Crippen LogP contribution in [0.3, 0.4) is 0 Å². The molecular formula is C24H28N4O3S2. The van der Waals surface area contributed by atoms with Crippen LogP contribution in [0.25, 0.3) is 10.6 Å². The summed E-state index contributed by atoms with van der Waals surface area (Å²) in [5.74, 6) is -0.329. The Hall–Kier alpha value is -2.75. The lowest BCUT2D eigenvalue weighted by Crippen LogP contribution is -2.31. The molecule has 1 saturated heterocycles. The number of aromatic nitrogens is 1. The highest BCUT2D eigenvalue weighted by Crippen LogP contribution is 2.30. The maximum Gasteiger partial charge on any atom is 0.257 e. The molecule has 174 valence electrons. The minimum Gasteiger partial charge on any atom is -0.371 e. The van der Waals surface area contributed by atoms with E-state index in [-0.39, 0.29) is 10.8 Å². The van der Waals surface area contributed by atoms with E-state index < -0.39 is 10.0 Å². The molecule has 1 aliphatic rings. The van der Waals surface area contributed by atoms with Crippen molar-refractivity contribution >= 4 is 38.6 Å². The summed E-state index contributed by atoms with van der Waals surface area (Å²) in [6, 6.07) is 12.4. The van der Waals surface area contributed by atoms with Gasteiger partial charge in [-0.2, -0.15) is 4.31 Å². The molecule has 0 radical (unpaired) electrons. The number of carbonyl (C=O) groups is 1. The van der Waals surface area contributed by atoms with Crippen LogP contribution in [0.15, 0.2) is 58.9 Å². The predicted molar refractivity (Wildman–Crippen MR) is 133 cm³/mol. The third-order valence-electron chi connectivity index (χ3n) is 5.80. The summed E-state index contributed by atoms with van der Waals surface area (Å²) in [5.41, 5.74) is 2.68. The largest absolute Gasteiger partial charge is 0.371 e. The highest BCUT2D eigenvalue weighted by Gasteiger charge is 2.26. The van der Waals surface area contributed by atoms with Crippen molar-refractivity contribution in [3.05, 3.63) is 59.6 Å². The van der Waals surface area contributed by atoms with Crippen LogP contribution in [0.5, 0.6) is 0 Å². The molecule has 4 rings (SSSR count). The normalized spacial score (nSPS) is 14.1. The fourth-order valence-electron chi connectivity index (χ4n) is 4.10. The Morgan fingerprint density at radius 3 is 2.55 bits per heavy atom. The molecule has 0 aliphatic carbocycles. The van der Waals surface area contributed by atoms with E-state index in [4.69, 9.17) is 0 Å². The highest BCUT2D eigenvalue weighted by atomic mass is 32.2. The van der Waals surface area contributed by atoms with Gasteiger partial charge >= 0.3 is 0 Å². The van der Waals surface area contributed by atoms with Gasteiger partial charge in [-0.05, 0) is 43.2 Å². The lowest BCUT2D eigenvalue weighted by Gasteiger charge is -2.23. The van der Waals surface area contributed by atoms with Gasteiger partial charge in [0, 0.05) is 54.7 Å². The summed E-state index contributed by atoms with van der Waals surface area (Å²) in [5, 5.41) is 5.74. The minimum absolute atomic E-state index is 0.135. The Kier molecular flexibility index (Phi) is 7.11. The number of carbonyl (C=O) groups excluding carboxylic acids is 1. The molecule has 3 aromatic rings. The van der Waals surface area contributed by atoms with Crippen LogP contribution in [0, 0.1) is 0 Å². The van der Waals surface area contributed by atoms with Crippen LogP contribution < -0.4 is 10.2 Å². The van der Waals surface area contributed by atoms with Crippen molar-refractivity contribution in [1.82, 2.24) is 9.29 Å². The zero-order valence-electron chi connectivity index (χ0n) is 18.8. The van der Waals surface area contributed by atoms with E-state index in [1.165, 1.54) is 21.7 Å². The summed E-state index contributed by atoms with van der Waals surface area (Å²) in [6.45, 7) is 6.06. The Morgan fingerprint density at radius 1 is 1.12 bits per heavy atom. The second-order valence-corrected chi connectivity index (χ2v) is 10.7. The molecule has 1 amide bonds. The van der Waals surface area contributed by atoms with E-state index in [0.717, 1.165) is 42.2 Å². The van der Waals surface area contributed by atoms with E-state index >= 15 is 0 Å². The van der Waals surface area contributed by atoms with Crippen LogP contribution in [-0.2, 0) is 10.0 Å². The summed E-state index contributed by atoms with van der Waals surface area (Å²) < 4.78 is 27.6. The molecule has 33 heavy (non-hydrogen) atoms. The van der Waals surface area contributed by atoms with E-state index in [0.29, 0.717) is 24.3 Å². The first-order valence-electron chi connectivity index (χ1n) is 11.1. The summed E-state index contributed by atoms with van der Waals surface area (Å²) in [4.78, 5) is 20.0. The summed E-state index contributed by atoms with van der Waals surface area (Å²) in [7, 11) is -3.68. The molecule has 1 fully saturated rings. The average molecular weight is 485 g/mol. The first-order valence-corrected chi connectivity index (χ1v) is 13.5. The molecule has 2 aromatic carbocycles. The molecular weight excluding hydrogens is 456 g/mol. The highest BCUT2D eigenvalue weighted by molar-refractivity contribution is 7.89. The van der Waals surface area contributed by atoms with Crippen LogP contribution in [0.2, 0.25) is 0 Å². The first-order chi connectivity index (χ1) is 15.9. The molecule has 7 nitrogen and oxygen atoms in total. The van der Waals surface area contributed by atoms with Gasteiger partial charge in [-0.1, -0.05) is 26.0 Å².